The van der Waals surface area contributed by atoms with Crippen LogP contribution in [0.15, 0.2) is 55.0 Å². The molecule has 0 spiro atoms. The lowest BCUT2D eigenvalue weighted by Gasteiger charge is -2.08. The summed E-state index contributed by atoms with van der Waals surface area (Å²) in [5, 5.41) is 11.6. The normalized spacial score (nSPS) is 10.8. The molecule has 0 aliphatic rings. The molecule has 26 heavy (non-hydrogen) atoms. The number of anilines is 1. The fourth-order valence-corrected chi connectivity index (χ4v) is 2.76. The fraction of sp³-hybridized carbons (Fsp3) is 0.105. The molecule has 0 aliphatic carbocycles. The lowest BCUT2D eigenvalue weighted by atomic mass is 10.1. The largest absolute Gasteiger partial charge is 0.317 e. The number of rotatable bonds is 3. The number of pyridine rings is 2. The third-order valence-corrected chi connectivity index (χ3v) is 4.08. The van der Waals surface area contributed by atoms with E-state index in [0.29, 0.717) is 22.7 Å². The van der Waals surface area contributed by atoms with Gasteiger partial charge in [0.15, 0.2) is 5.82 Å². The summed E-state index contributed by atoms with van der Waals surface area (Å²) in [5.74, 6) is 0.933. The minimum atomic E-state index is -0.243. The van der Waals surface area contributed by atoms with Crippen LogP contribution in [0.25, 0.3) is 22.3 Å². The monoisotopic (exact) mass is 344 g/mol. The van der Waals surface area contributed by atoms with Crippen LogP contribution in [0.3, 0.4) is 0 Å². The fourth-order valence-electron chi connectivity index (χ4n) is 2.76. The summed E-state index contributed by atoms with van der Waals surface area (Å²) in [7, 11) is 1.86. The quantitative estimate of drug-likeness (QED) is 0.617. The predicted octanol–water partition coefficient (Wildman–Crippen LogP) is 2.99. The number of nitrogens with one attached hydrogen (secondary N) is 1. The van der Waals surface area contributed by atoms with Gasteiger partial charge in [-0.25, -0.2) is 4.98 Å². The first-order valence-electron chi connectivity index (χ1n) is 8.10. The standard InChI is InChI=1S/C19H16N6O/c1-12-6-7-13-4-3-5-15(17(13)22-12)19(26)23-16-9-8-14(10-20-16)18-24-21-11-25(18)2/h3-11H,1-2H3,(H,20,23,26). The molecule has 0 radical (unpaired) electrons. The van der Waals surface area contributed by atoms with Crippen LogP contribution < -0.4 is 5.32 Å². The Kier molecular flexibility index (Phi) is 3.89. The second-order valence-electron chi connectivity index (χ2n) is 5.98. The van der Waals surface area contributed by atoms with Crippen molar-refractivity contribution >= 4 is 22.6 Å². The Morgan fingerprint density at radius 2 is 2.00 bits per heavy atom. The summed E-state index contributed by atoms with van der Waals surface area (Å²) in [6, 6.07) is 13.0. The van der Waals surface area contributed by atoms with Crippen LogP contribution in [0.2, 0.25) is 0 Å². The van der Waals surface area contributed by atoms with Gasteiger partial charge in [-0.15, -0.1) is 10.2 Å². The maximum absolute atomic E-state index is 12.7. The molecule has 0 atom stereocenters. The smallest absolute Gasteiger partial charge is 0.259 e. The van der Waals surface area contributed by atoms with Gasteiger partial charge in [-0.2, -0.15) is 0 Å². The van der Waals surface area contributed by atoms with E-state index in [1.54, 1.807) is 29.2 Å². The van der Waals surface area contributed by atoms with E-state index in [1.165, 1.54) is 0 Å². The van der Waals surface area contributed by atoms with Crippen LogP contribution >= 0.6 is 0 Å². The lowest BCUT2D eigenvalue weighted by molar-refractivity contribution is 0.102. The Morgan fingerprint density at radius 1 is 1.12 bits per heavy atom. The zero-order chi connectivity index (χ0) is 18.1. The van der Waals surface area contributed by atoms with Crippen molar-refractivity contribution in [2.45, 2.75) is 6.92 Å². The van der Waals surface area contributed by atoms with E-state index < -0.39 is 0 Å². The molecule has 4 aromatic rings. The van der Waals surface area contributed by atoms with E-state index in [-0.39, 0.29) is 5.91 Å². The highest BCUT2D eigenvalue weighted by atomic mass is 16.1. The number of hydrogen-bond acceptors (Lipinski definition) is 5. The maximum Gasteiger partial charge on any atom is 0.259 e. The zero-order valence-corrected chi connectivity index (χ0v) is 14.3. The van der Waals surface area contributed by atoms with E-state index in [4.69, 9.17) is 0 Å². The molecule has 0 saturated heterocycles. The van der Waals surface area contributed by atoms with Crippen LogP contribution in [0, 0.1) is 6.92 Å². The van der Waals surface area contributed by atoms with E-state index in [0.717, 1.165) is 16.6 Å². The van der Waals surface area contributed by atoms with E-state index >= 15 is 0 Å². The number of amides is 1. The van der Waals surface area contributed by atoms with Gasteiger partial charge in [0, 0.05) is 29.9 Å². The molecule has 128 valence electrons. The molecule has 1 amide bonds. The highest BCUT2D eigenvalue weighted by Crippen LogP contribution is 2.20. The summed E-state index contributed by atoms with van der Waals surface area (Å²) < 4.78 is 1.80. The molecule has 0 fully saturated rings. The van der Waals surface area contributed by atoms with Crippen molar-refractivity contribution < 1.29 is 4.79 Å². The highest BCUT2D eigenvalue weighted by Gasteiger charge is 2.13. The average Bonchev–Trinajstić information content (AvgIpc) is 3.07. The van der Waals surface area contributed by atoms with Gasteiger partial charge in [0.2, 0.25) is 0 Å². The van der Waals surface area contributed by atoms with Gasteiger partial charge in [0.25, 0.3) is 5.91 Å². The molecular formula is C19H16N6O. The average molecular weight is 344 g/mol. The highest BCUT2D eigenvalue weighted by molar-refractivity contribution is 6.11. The van der Waals surface area contributed by atoms with Crippen molar-refractivity contribution in [2.75, 3.05) is 5.32 Å². The number of para-hydroxylation sites is 1. The van der Waals surface area contributed by atoms with E-state index in [1.807, 2.05) is 44.3 Å². The number of benzene rings is 1. The minimum Gasteiger partial charge on any atom is -0.317 e. The van der Waals surface area contributed by atoms with Crippen LogP contribution in [0.4, 0.5) is 5.82 Å². The predicted molar refractivity (Wildman–Crippen MR) is 98.7 cm³/mol. The van der Waals surface area contributed by atoms with Crippen molar-refractivity contribution in [3.05, 3.63) is 66.2 Å². The number of carbonyl (C=O) groups excluding carboxylic acids is 1. The van der Waals surface area contributed by atoms with Crippen LogP contribution in [0.1, 0.15) is 16.1 Å². The molecule has 0 bridgehead atoms. The Balaban J connectivity index is 1.61. The lowest BCUT2D eigenvalue weighted by Crippen LogP contribution is -2.14. The molecule has 3 heterocycles. The summed E-state index contributed by atoms with van der Waals surface area (Å²) >= 11 is 0. The molecular weight excluding hydrogens is 328 g/mol. The molecule has 1 N–H and O–H groups in total. The molecule has 0 unspecified atom stereocenters. The molecule has 1 aromatic carbocycles. The molecule has 3 aromatic heterocycles. The van der Waals surface area contributed by atoms with Gasteiger partial charge < -0.3 is 9.88 Å². The van der Waals surface area contributed by atoms with Gasteiger partial charge in [-0.05, 0) is 31.2 Å². The number of aromatic nitrogens is 5. The minimum absolute atomic E-state index is 0.243. The second-order valence-corrected chi connectivity index (χ2v) is 5.98. The molecule has 0 saturated carbocycles. The summed E-state index contributed by atoms with van der Waals surface area (Å²) in [6.45, 7) is 1.90. The van der Waals surface area contributed by atoms with Gasteiger partial charge >= 0.3 is 0 Å². The van der Waals surface area contributed by atoms with E-state index in [9.17, 15) is 4.79 Å². The first-order chi connectivity index (χ1) is 12.6. The molecule has 7 heteroatoms. The molecule has 4 rings (SSSR count). The van der Waals surface area contributed by atoms with Crippen LogP contribution in [-0.4, -0.2) is 30.6 Å². The van der Waals surface area contributed by atoms with Crippen molar-refractivity contribution in [2.24, 2.45) is 7.05 Å². The van der Waals surface area contributed by atoms with Crippen molar-refractivity contribution in [1.82, 2.24) is 24.7 Å². The number of carbonyl (C=O) groups is 1. The van der Waals surface area contributed by atoms with Crippen molar-refractivity contribution in [3.8, 4) is 11.4 Å². The molecule has 7 nitrogen and oxygen atoms in total. The maximum atomic E-state index is 12.7. The first kappa shape index (κ1) is 15.9. The number of fused-ring (bicyclic) bond motifs is 1. The summed E-state index contributed by atoms with van der Waals surface area (Å²) in [5.41, 5.74) is 2.89. The number of nitrogens with zero attached hydrogens (tertiary/aromatic N) is 5. The Labute approximate surface area is 149 Å². The topological polar surface area (TPSA) is 85.6 Å². The SMILES string of the molecule is Cc1ccc2cccc(C(=O)Nc3ccc(-c4nncn4C)cn3)c2n1. The third-order valence-electron chi connectivity index (χ3n) is 4.08. The third kappa shape index (κ3) is 2.90. The van der Waals surface area contributed by atoms with Crippen LogP contribution in [-0.2, 0) is 7.05 Å². The summed E-state index contributed by atoms with van der Waals surface area (Å²) in [4.78, 5) is 21.5. The first-order valence-corrected chi connectivity index (χ1v) is 8.10. The Morgan fingerprint density at radius 3 is 2.73 bits per heavy atom. The van der Waals surface area contributed by atoms with Gasteiger partial charge in [-0.3, -0.25) is 9.78 Å². The molecule has 0 aliphatic heterocycles. The van der Waals surface area contributed by atoms with Crippen molar-refractivity contribution in [3.63, 3.8) is 0 Å². The zero-order valence-electron chi connectivity index (χ0n) is 14.3. The number of aryl methyl sites for hydroxylation is 2. The summed E-state index contributed by atoms with van der Waals surface area (Å²) in [6.07, 6.45) is 3.28. The second kappa shape index (κ2) is 6.36. The van der Waals surface area contributed by atoms with Gasteiger partial charge in [0.1, 0.15) is 12.1 Å². The van der Waals surface area contributed by atoms with Gasteiger partial charge in [-0.1, -0.05) is 18.2 Å². The van der Waals surface area contributed by atoms with Crippen molar-refractivity contribution in [1.29, 1.82) is 0 Å². The Bertz CT molecular complexity index is 1100. The van der Waals surface area contributed by atoms with Gasteiger partial charge in [0.05, 0.1) is 11.1 Å². The van der Waals surface area contributed by atoms with E-state index in [2.05, 4.69) is 25.5 Å². The number of hydrogen-bond donors (Lipinski definition) is 1. The van der Waals surface area contributed by atoms with Crippen LogP contribution in [0.5, 0.6) is 0 Å². The Hall–Kier alpha value is -3.61.